The van der Waals surface area contributed by atoms with E-state index in [1.54, 1.807) is 71.9 Å². The van der Waals surface area contributed by atoms with Crippen LogP contribution < -0.4 is 20.3 Å². The summed E-state index contributed by atoms with van der Waals surface area (Å²) in [6.07, 6.45) is -0.157. The van der Waals surface area contributed by atoms with Crippen LogP contribution in [0.15, 0.2) is 71.7 Å². The summed E-state index contributed by atoms with van der Waals surface area (Å²) in [6, 6.07) is 16.9. The monoisotopic (exact) mass is 808 g/mol. The fourth-order valence-electron chi connectivity index (χ4n) is 4.87. The molecular formula is C41H49ClN4O11. The van der Waals surface area contributed by atoms with Crippen LogP contribution in [0.25, 0.3) is 0 Å². The number of guanidine groups is 1. The number of rotatable bonds is 14. The minimum absolute atomic E-state index is 0.0235. The van der Waals surface area contributed by atoms with Crippen molar-refractivity contribution in [1.82, 2.24) is 5.32 Å². The van der Waals surface area contributed by atoms with E-state index in [9.17, 15) is 33.9 Å². The number of amides is 3. The first-order chi connectivity index (χ1) is 26.7. The number of aliphatic carboxylic acids is 1. The van der Waals surface area contributed by atoms with Crippen molar-refractivity contribution in [1.29, 1.82) is 0 Å². The first-order valence-corrected chi connectivity index (χ1v) is 18.5. The molecule has 0 aromatic heterocycles. The van der Waals surface area contributed by atoms with Crippen LogP contribution in [-0.2, 0) is 41.4 Å². The fraction of sp³-hybridized carbons (Fsp3) is 0.390. The van der Waals surface area contributed by atoms with E-state index in [1.807, 2.05) is 6.92 Å². The molecule has 3 amide bonds. The van der Waals surface area contributed by atoms with Gasteiger partial charge in [0, 0.05) is 22.8 Å². The number of esters is 2. The van der Waals surface area contributed by atoms with Crippen molar-refractivity contribution in [3.63, 3.8) is 0 Å². The molecule has 57 heavy (non-hydrogen) atoms. The number of anilines is 2. The number of unbranched alkanes of at least 4 members (excludes halogenated alkanes) is 1. The molecule has 0 aliphatic carbocycles. The normalized spacial score (nSPS) is 11.5. The molecule has 0 radical (unpaired) electrons. The van der Waals surface area contributed by atoms with Crippen molar-refractivity contribution < 1.29 is 52.8 Å². The van der Waals surface area contributed by atoms with Gasteiger partial charge < -0.3 is 34.3 Å². The van der Waals surface area contributed by atoms with Gasteiger partial charge in [-0.15, -0.1) is 4.99 Å². The largest absolute Gasteiger partial charge is 0.480 e. The van der Waals surface area contributed by atoms with Crippen LogP contribution in [0.1, 0.15) is 89.2 Å². The third-order valence-corrected chi connectivity index (χ3v) is 7.72. The van der Waals surface area contributed by atoms with Gasteiger partial charge in [-0.2, -0.15) is 0 Å². The lowest BCUT2D eigenvalue weighted by Crippen LogP contribution is -2.40. The number of aliphatic imine (C=N–C) groups is 1. The van der Waals surface area contributed by atoms with E-state index in [-0.39, 0.29) is 41.6 Å². The Balaban J connectivity index is 1.65. The molecule has 3 rings (SSSR count). The number of aryl methyl sites for hydroxylation is 1. The molecule has 15 nitrogen and oxygen atoms in total. The Morgan fingerprint density at radius 3 is 2.18 bits per heavy atom. The van der Waals surface area contributed by atoms with Crippen LogP contribution in [0.5, 0.6) is 5.75 Å². The highest BCUT2D eigenvalue weighted by atomic mass is 35.5. The van der Waals surface area contributed by atoms with E-state index < -0.39 is 53.7 Å². The minimum atomic E-state index is -1.21. The summed E-state index contributed by atoms with van der Waals surface area (Å²) in [7, 11) is 0. The Morgan fingerprint density at radius 2 is 1.56 bits per heavy atom. The van der Waals surface area contributed by atoms with Gasteiger partial charge in [-0.05, 0) is 114 Å². The lowest BCUT2D eigenvalue weighted by Gasteiger charge is -2.22. The molecule has 0 aliphatic heterocycles. The Bertz CT molecular complexity index is 1950. The van der Waals surface area contributed by atoms with Crippen molar-refractivity contribution >= 4 is 64.9 Å². The number of ether oxygens (including phenoxy) is 4. The highest BCUT2D eigenvalue weighted by Crippen LogP contribution is 2.26. The molecule has 0 fully saturated rings. The molecule has 0 spiro atoms. The lowest BCUT2D eigenvalue weighted by molar-refractivity contribution is -0.143. The van der Waals surface area contributed by atoms with Gasteiger partial charge >= 0.3 is 30.1 Å². The van der Waals surface area contributed by atoms with Gasteiger partial charge in [0.25, 0.3) is 0 Å². The van der Waals surface area contributed by atoms with E-state index in [0.717, 1.165) is 17.7 Å². The molecule has 3 N–H and O–H groups in total. The molecule has 0 heterocycles. The van der Waals surface area contributed by atoms with E-state index in [1.165, 1.54) is 36.4 Å². The minimum Gasteiger partial charge on any atom is -0.480 e. The van der Waals surface area contributed by atoms with Crippen molar-refractivity contribution in [2.45, 2.75) is 91.8 Å². The second-order valence-electron chi connectivity index (χ2n) is 14.7. The van der Waals surface area contributed by atoms with Crippen molar-refractivity contribution in [3.05, 3.63) is 88.4 Å². The maximum atomic E-state index is 13.3. The van der Waals surface area contributed by atoms with Gasteiger partial charge in [-0.1, -0.05) is 43.1 Å². The van der Waals surface area contributed by atoms with Gasteiger partial charge in [-0.3, -0.25) is 19.7 Å². The Morgan fingerprint density at radius 1 is 0.877 bits per heavy atom. The number of nitrogens with one attached hydrogen (secondary N) is 2. The van der Waals surface area contributed by atoms with Gasteiger partial charge in [0.15, 0.2) is 0 Å². The Labute approximate surface area is 336 Å². The van der Waals surface area contributed by atoms with Crippen LogP contribution in [-0.4, -0.2) is 71.4 Å². The number of carboxylic acids is 1. The number of nitrogens with zero attached hydrogens (tertiary/aromatic N) is 2. The maximum Gasteiger partial charge on any atom is 0.437 e. The summed E-state index contributed by atoms with van der Waals surface area (Å²) < 4.78 is 21.2. The number of carbonyl (C=O) groups excluding carboxylic acids is 5. The summed E-state index contributed by atoms with van der Waals surface area (Å²) in [6.45, 7) is 11.7. The molecule has 0 atom stereocenters. The zero-order valence-electron chi connectivity index (χ0n) is 33.1. The highest BCUT2D eigenvalue weighted by Gasteiger charge is 2.22. The van der Waals surface area contributed by atoms with Gasteiger partial charge in [0.1, 0.15) is 23.5 Å². The van der Waals surface area contributed by atoms with Crippen molar-refractivity contribution in [2.24, 2.45) is 4.99 Å². The van der Waals surface area contributed by atoms with Gasteiger partial charge in [-0.25, -0.2) is 14.4 Å². The Kier molecular flexibility index (Phi) is 16.6. The van der Waals surface area contributed by atoms with Crippen LogP contribution in [0, 0.1) is 0 Å². The number of carboxylic acid groups (broad SMARTS) is 1. The lowest BCUT2D eigenvalue weighted by atomic mass is 10.1. The van der Waals surface area contributed by atoms with Crippen LogP contribution in [0.2, 0.25) is 5.02 Å². The van der Waals surface area contributed by atoms with Crippen molar-refractivity contribution in [3.8, 4) is 5.75 Å². The second kappa shape index (κ2) is 20.8. The number of hydrogen-bond acceptors (Lipinski definition) is 10. The van der Waals surface area contributed by atoms with Crippen LogP contribution >= 0.6 is 11.6 Å². The van der Waals surface area contributed by atoms with E-state index in [4.69, 9.17) is 30.5 Å². The standard InChI is InChI=1S/C41H49ClN4O11/c1-8-9-21-54-35(50)23-26-11-10-12-30(22-26)46(25-34(48)49)33(47)20-16-27-15-19-31(24-32(27)42)55-36(51)28-13-17-29(18-14-28)43-37(44-38(52)56-40(2,3)4)45-39(53)57-41(5,6)7/h10-15,17-19,22,24H,8-9,16,20-21,23,25H2,1-7H3,(H,48,49)(H2,43,44,45,52,53). The highest BCUT2D eigenvalue weighted by molar-refractivity contribution is 6.31. The molecule has 0 saturated heterocycles. The summed E-state index contributed by atoms with van der Waals surface area (Å²) in [5.74, 6) is -2.96. The second-order valence-corrected chi connectivity index (χ2v) is 15.1. The van der Waals surface area contributed by atoms with Gasteiger partial charge in [0.05, 0.1) is 18.6 Å². The topological polar surface area (TPSA) is 199 Å². The van der Waals surface area contributed by atoms with Crippen LogP contribution in [0.3, 0.4) is 0 Å². The predicted molar refractivity (Wildman–Crippen MR) is 214 cm³/mol. The fourth-order valence-corrected chi connectivity index (χ4v) is 5.13. The number of halogens is 1. The molecule has 3 aromatic carbocycles. The van der Waals surface area contributed by atoms with E-state index >= 15 is 0 Å². The zero-order chi connectivity index (χ0) is 42.3. The van der Waals surface area contributed by atoms with E-state index in [2.05, 4.69) is 15.6 Å². The number of alkyl carbamates (subject to hydrolysis) is 1. The van der Waals surface area contributed by atoms with E-state index in [0.29, 0.717) is 29.1 Å². The number of carbonyl (C=O) groups is 6. The quantitative estimate of drug-likeness (QED) is 0.0358. The molecule has 0 bridgehead atoms. The average Bonchev–Trinajstić information content (AvgIpc) is 3.09. The van der Waals surface area contributed by atoms with Crippen LogP contribution in [0.4, 0.5) is 21.0 Å². The molecule has 3 aromatic rings. The first kappa shape index (κ1) is 45.4. The third-order valence-electron chi connectivity index (χ3n) is 7.37. The molecule has 16 heteroatoms. The predicted octanol–water partition coefficient (Wildman–Crippen LogP) is 7.72. The SMILES string of the molecule is CCCCOC(=O)Cc1cccc(N(CC(=O)O)C(=O)CCc2ccc(OC(=O)c3ccc(N/C(=N/C(=O)OC(C)(C)C)NC(=O)OC(C)(C)C)cc3)cc2Cl)c1. The smallest absolute Gasteiger partial charge is 0.437 e. The first-order valence-electron chi connectivity index (χ1n) is 18.2. The molecular weight excluding hydrogens is 760 g/mol. The summed E-state index contributed by atoms with van der Waals surface area (Å²) >= 11 is 6.50. The molecule has 0 saturated carbocycles. The molecule has 306 valence electrons. The Hall–Kier alpha value is -5.96. The summed E-state index contributed by atoms with van der Waals surface area (Å²) in [4.78, 5) is 79.9. The third kappa shape index (κ3) is 16.7. The van der Waals surface area contributed by atoms with Crippen molar-refractivity contribution in [2.75, 3.05) is 23.4 Å². The van der Waals surface area contributed by atoms with Gasteiger partial charge in [0.2, 0.25) is 11.9 Å². The summed E-state index contributed by atoms with van der Waals surface area (Å²) in [5.41, 5.74) is 0.312. The molecule has 0 unspecified atom stereocenters. The number of benzene rings is 3. The maximum absolute atomic E-state index is 13.3. The average molecular weight is 809 g/mol. The zero-order valence-corrected chi connectivity index (χ0v) is 33.9. The summed E-state index contributed by atoms with van der Waals surface area (Å²) in [5, 5.41) is 14.9. The number of hydrogen-bond donors (Lipinski definition) is 3. The molecule has 0 aliphatic rings.